The summed E-state index contributed by atoms with van der Waals surface area (Å²) >= 11 is 1.56. The number of amides is 1. The minimum atomic E-state index is -0.0930. The van der Waals surface area contributed by atoms with Gasteiger partial charge in [-0.05, 0) is 26.0 Å². The Morgan fingerprint density at radius 3 is 2.76 bits per heavy atom. The molecule has 0 saturated heterocycles. The fourth-order valence-corrected chi connectivity index (χ4v) is 2.94. The van der Waals surface area contributed by atoms with Gasteiger partial charge in [0.2, 0.25) is 0 Å². The lowest BCUT2D eigenvalue weighted by atomic mass is 10.1. The van der Waals surface area contributed by atoms with Crippen LogP contribution in [0.5, 0.6) is 0 Å². The van der Waals surface area contributed by atoms with Gasteiger partial charge in [-0.3, -0.25) is 9.78 Å². The summed E-state index contributed by atoms with van der Waals surface area (Å²) in [6, 6.07) is 9.51. The summed E-state index contributed by atoms with van der Waals surface area (Å²) < 4.78 is 0. The van der Waals surface area contributed by atoms with Crippen LogP contribution in [-0.2, 0) is 6.54 Å². The highest BCUT2D eigenvalue weighted by atomic mass is 32.1. The first-order valence-electron chi connectivity index (χ1n) is 6.69. The largest absolute Gasteiger partial charge is 0.346 e. The van der Waals surface area contributed by atoms with E-state index in [1.165, 1.54) is 0 Å². The number of rotatable bonds is 3. The Morgan fingerprint density at radius 2 is 2.00 bits per heavy atom. The predicted octanol–water partition coefficient (Wildman–Crippen LogP) is 3.24. The zero-order valence-corrected chi connectivity index (χ0v) is 12.7. The number of aromatic nitrogens is 2. The second-order valence-corrected chi connectivity index (χ2v) is 5.84. The Balaban J connectivity index is 1.87. The van der Waals surface area contributed by atoms with Crippen LogP contribution in [0, 0.1) is 13.8 Å². The number of nitrogens with one attached hydrogen (secondary N) is 1. The lowest BCUT2D eigenvalue weighted by molar-refractivity contribution is 0.0952. The standard InChI is InChI=1S/C16H15N3OS/c1-10-7-13(12-5-3-4-6-14(12)18-10)16(20)17-8-15-19-11(2)9-21-15/h3-7,9H,8H2,1-2H3,(H,17,20). The fourth-order valence-electron chi connectivity index (χ4n) is 2.23. The molecule has 1 aromatic carbocycles. The van der Waals surface area contributed by atoms with Crippen LogP contribution in [0.15, 0.2) is 35.7 Å². The van der Waals surface area contributed by atoms with Crippen molar-refractivity contribution in [1.29, 1.82) is 0 Å². The number of pyridine rings is 1. The van der Waals surface area contributed by atoms with Gasteiger partial charge in [0.05, 0.1) is 17.6 Å². The summed E-state index contributed by atoms with van der Waals surface area (Å²) in [4.78, 5) is 21.2. The average molecular weight is 297 g/mol. The number of fused-ring (bicyclic) bond motifs is 1. The maximum absolute atomic E-state index is 12.4. The number of nitrogens with zero attached hydrogens (tertiary/aromatic N) is 2. The smallest absolute Gasteiger partial charge is 0.252 e. The van der Waals surface area contributed by atoms with E-state index in [9.17, 15) is 4.79 Å². The van der Waals surface area contributed by atoms with E-state index in [2.05, 4.69) is 15.3 Å². The van der Waals surface area contributed by atoms with Crippen LogP contribution in [0.25, 0.3) is 10.9 Å². The van der Waals surface area contributed by atoms with Crippen molar-refractivity contribution < 1.29 is 4.79 Å². The Labute approximate surface area is 126 Å². The van der Waals surface area contributed by atoms with Gasteiger partial charge >= 0.3 is 0 Å². The monoisotopic (exact) mass is 297 g/mol. The molecule has 4 nitrogen and oxygen atoms in total. The molecule has 0 spiro atoms. The van der Waals surface area contributed by atoms with Gasteiger partial charge in [-0.1, -0.05) is 18.2 Å². The van der Waals surface area contributed by atoms with Gasteiger partial charge in [0.25, 0.3) is 5.91 Å². The summed E-state index contributed by atoms with van der Waals surface area (Å²) in [5.41, 5.74) is 3.32. The van der Waals surface area contributed by atoms with Crippen LogP contribution < -0.4 is 5.32 Å². The number of aryl methyl sites for hydroxylation is 2. The third-order valence-corrected chi connectivity index (χ3v) is 4.12. The lowest BCUT2D eigenvalue weighted by Gasteiger charge is -2.08. The molecule has 21 heavy (non-hydrogen) atoms. The van der Waals surface area contributed by atoms with Crippen LogP contribution in [0.3, 0.4) is 0 Å². The van der Waals surface area contributed by atoms with Gasteiger partial charge in [0.15, 0.2) is 0 Å². The van der Waals surface area contributed by atoms with Gasteiger partial charge < -0.3 is 5.32 Å². The molecule has 0 atom stereocenters. The molecule has 0 aliphatic heterocycles. The summed E-state index contributed by atoms with van der Waals surface area (Å²) in [7, 11) is 0. The molecule has 0 radical (unpaired) electrons. The zero-order chi connectivity index (χ0) is 14.8. The number of carbonyl (C=O) groups excluding carboxylic acids is 1. The minimum absolute atomic E-state index is 0.0930. The Morgan fingerprint density at radius 1 is 1.19 bits per heavy atom. The highest BCUT2D eigenvalue weighted by Crippen LogP contribution is 2.18. The molecular formula is C16H15N3OS. The van der Waals surface area contributed by atoms with Crippen LogP contribution >= 0.6 is 11.3 Å². The summed E-state index contributed by atoms with van der Waals surface area (Å²) in [5, 5.41) is 6.69. The van der Waals surface area contributed by atoms with Crippen molar-refractivity contribution in [2.75, 3.05) is 0 Å². The summed E-state index contributed by atoms with van der Waals surface area (Å²) in [5.74, 6) is -0.0930. The van der Waals surface area contributed by atoms with Crippen molar-refractivity contribution in [2.45, 2.75) is 20.4 Å². The highest BCUT2D eigenvalue weighted by molar-refractivity contribution is 7.09. The molecule has 106 valence electrons. The van der Waals surface area contributed by atoms with E-state index in [0.29, 0.717) is 12.1 Å². The van der Waals surface area contributed by atoms with Gasteiger partial charge in [-0.2, -0.15) is 0 Å². The first-order chi connectivity index (χ1) is 10.1. The predicted molar refractivity (Wildman–Crippen MR) is 84.5 cm³/mol. The number of para-hydroxylation sites is 1. The van der Waals surface area contributed by atoms with E-state index in [0.717, 1.165) is 27.3 Å². The number of thiazole rings is 1. The third kappa shape index (κ3) is 2.92. The van der Waals surface area contributed by atoms with Crippen molar-refractivity contribution in [3.63, 3.8) is 0 Å². The molecule has 5 heteroatoms. The molecular weight excluding hydrogens is 282 g/mol. The molecule has 0 bridgehead atoms. The molecule has 2 aromatic heterocycles. The average Bonchev–Trinajstić information content (AvgIpc) is 2.89. The SMILES string of the molecule is Cc1csc(CNC(=O)c2cc(C)nc3ccccc23)n1. The molecule has 3 aromatic rings. The molecule has 0 aliphatic rings. The lowest BCUT2D eigenvalue weighted by Crippen LogP contribution is -2.23. The van der Waals surface area contributed by atoms with Gasteiger partial charge in [0.1, 0.15) is 5.01 Å². The van der Waals surface area contributed by atoms with Crippen molar-refractivity contribution in [3.05, 3.63) is 57.7 Å². The number of carbonyl (C=O) groups is 1. The van der Waals surface area contributed by atoms with E-state index in [4.69, 9.17) is 0 Å². The van der Waals surface area contributed by atoms with Crippen molar-refractivity contribution >= 4 is 28.1 Å². The van der Waals surface area contributed by atoms with Crippen molar-refractivity contribution in [1.82, 2.24) is 15.3 Å². The molecule has 1 N–H and O–H groups in total. The van der Waals surface area contributed by atoms with E-state index in [-0.39, 0.29) is 5.91 Å². The Bertz CT molecular complexity index is 810. The Kier molecular flexibility index (Phi) is 3.66. The molecule has 0 unspecified atom stereocenters. The highest BCUT2D eigenvalue weighted by Gasteiger charge is 2.12. The maximum atomic E-state index is 12.4. The van der Waals surface area contributed by atoms with E-state index >= 15 is 0 Å². The van der Waals surface area contributed by atoms with Crippen LogP contribution in [0.1, 0.15) is 26.8 Å². The van der Waals surface area contributed by atoms with Crippen molar-refractivity contribution in [3.8, 4) is 0 Å². The summed E-state index contributed by atoms with van der Waals surface area (Å²) in [6.07, 6.45) is 0. The second kappa shape index (κ2) is 5.61. The molecule has 0 aliphatic carbocycles. The maximum Gasteiger partial charge on any atom is 0.252 e. The molecule has 0 saturated carbocycles. The quantitative estimate of drug-likeness (QED) is 0.807. The third-order valence-electron chi connectivity index (χ3n) is 3.16. The Hall–Kier alpha value is -2.27. The van der Waals surface area contributed by atoms with Crippen LogP contribution in [-0.4, -0.2) is 15.9 Å². The molecule has 0 fully saturated rings. The van der Waals surface area contributed by atoms with E-state index in [1.807, 2.05) is 49.6 Å². The number of hydrogen-bond acceptors (Lipinski definition) is 4. The molecule has 2 heterocycles. The van der Waals surface area contributed by atoms with Crippen LogP contribution in [0.2, 0.25) is 0 Å². The molecule has 3 rings (SSSR count). The van der Waals surface area contributed by atoms with Crippen molar-refractivity contribution in [2.24, 2.45) is 0 Å². The van der Waals surface area contributed by atoms with E-state index in [1.54, 1.807) is 11.3 Å². The van der Waals surface area contributed by atoms with Gasteiger partial charge in [0, 0.05) is 22.2 Å². The number of hydrogen-bond donors (Lipinski definition) is 1. The van der Waals surface area contributed by atoms with Crippen LogP contribution in [0.4, 0.5) is 0 Å². The van der Waals surface area contributed by atoms with Gasteiger partial charge in [-0.15, -0.1) is 11.3 Å². The topological polar surface area (TPSA) is 54.9 Å². The molecule has 1 amide bonds. The minimum Gasteiger partial charge on any atom is -0.346 e. The summed E-state index contributed by atoms with van der Waals surface area (Å²) in [6.45, 7) is 4.29. The zero-order valence-electron chi connectivity index (χ0n) is 11.9. The van der Waals surface area contributed by atoms with E-state index < -0.39 is 0 Å². The first kappa shape index (κ1) is 13.7. The fraction of sp³-hybridized carbons (Fsp3) is 0.188. The normalized spacial score (nSPS) is 10.8. The second-order valence-electron chi connectivity index (χ2n) is 4.89. The number of benzene rings is 1. The van der Waals surface area contributed by atoms with Gasteiger partial charge in [-0.25, -0.2) is 4.98 Å². The first-order valence-corrected chi connectivity index (χ1v) is 7.57.